The third kappa shape index (κ3) is 3.92. The Morgan fingerprint density at radius 1 is 1.19 bits per heavy atom. The van der Waals surface area contributed by atoms with Gasteiger partial charge in [0.1, 0.15) is 12.4 Å². The summed E-state index contributed by atoms with van der Waals surface area (Å²) in [6.07, 6.45) is 0. The second kappa shape index (κ2) is 7.62. The Hall–Kier alpha value is 0.150. The van der Waals surface area contributed by atoms with Crippen molar-refractivity contribution in [3.05, 3.63) is 42.5 Å². The van der Waals surface area contributed by atoms with Crippen molar-refractivity contribution in [2.75, 3.05) is 0 Å². The quantitative estimate of drug-likeness (QED) is 0.433. The summed E-state index contributed by atoms with van der Waals surface area (Å²) in [6.45, 7) is 5.32. The average molecular weight is 546 g/mol. The number of aryl methyl sites for hydroxylation is 2. The van der Waals surface area contributed by atoms with E-state index in [-0.39, 0.29) is 0 Å². The van der Waals surface area contributed by atoms with E-state index in [1.807, 2.05) is 23.7 Å². The van der Waals surface area contributed by atoms with Crippen LogP contribution in [-0.2, 0) is 18.5 Å². The van der Waals surface area contributed by atoms with Crippen molar-refractivity contribution in [3.63, 3.8) is 0 Å². The first kappa shape index (κ1) is 17.5. The van der Waals surface area contributed by atoms with Gasteiger partial charge in [0.15, 0.2) is 0 Å². The summed E-state index contributed by atoms with van der Waals surface area (Å²) in [5, 5.41) is 5.28. The van der Waals surface area contributed by atoms with E-state index in [9.17, 15) is 0 Å². The van der Waals surface area contributed by atoms with Gasteiger partial charge in [0.25, 0.3) is 0 Å². The molecule has 0 radical (unpaired) electrons. The summed E-state index contributed by atoms with van der Waals surface area (Å²) in [6, 6.07) is 4.10. The Bertz CT molecular complexity index is 632. The summed E-state index contributed by atoms with van der Waals surface area (Å²) in [5.41, 5.74) is 3.19. The third-order valence-corrected chi connectivity index (χ3v) is 5.88. The fraction of sp³-hybridized carbons (Fsp3) is 0.357. The van der Waals surface area contributed by atoms with Gasteiger partial charge in [0, 0.05) is 11.9 Å². The summed E-state index contributed by atoms with van der Waals surface area (Å²) in [4.78, 5) is 0. The molecular weight excluding hydrogens is 532 g/mol. The zero-order valence-electron chi connectivity index (χ0n) is 11.6. The molecule has 0 unspecified atom stereocenters. The molecule has 0 aliphatic carbocycles. The van der Waals surface area contributed by atoms with E-state index in [1.165, 1.54) is 5.56 Å². The Morgan fingerprint density at radius 2 is 1.81 bits per heavy atom. The van der Waals surface area contributed by atoms with Crippen molar-refractivity contribution < 1.29 is 4.74 Å². The molecule has 2 rings (SSSR count). The molecule has 0 amide bonds. The Balaban J connectivity index is 2.25. The maximum Gasteiger partial charge on any atom is 0.148 e. The lowest BCUT2D eigenvalue weighted by Gasteiger charge is -2.13. The molecule has 0 atom stereocenters. The van der Waals surface area contributed by atoms with Crippen LogP contribution in [0.25, 0.3) is 0 Å². The first-order valence-corrected chi connectivity index (χ1v) is 9.86. The van der Waals surface area contributed by atoms with Gasteiger partial charge < -0.3 is 4.74 Å². The molecule has 0 aliphatic rings. The van der Waals surface area contributed by atoms with Crippen LogP contribution in [0, 0.1) is 6.92 Å². The predicted molar refractivity (Wildman–Crippen MR) is 99.1 cm³/mol. The van der Waals surface area contributed by atoms with E-state index < -0.39 is 0 Å². The maximum absolute atomic E-state index is 5.99. The smallest absolute Gasteiger partial charge is 0.148 e. The molecule has 3 nitrogen and oxygen atoms in total. The fourth-order valence-electron chi connectivity index (χ4n) is 1.97. The van der Waals surface area contributed by atoms with Crippen LogP contribution >= 0.6 is 63.7 Å². The third-order valence-electron chi connectivity index (χ3n) is 3.02. The highest BCUT2D eigenvalue weighted by molar-refractivity contribution is 9.11. The highest BCUT2D eigenvalue weighted by atomic mass is 79.9. The topological polar surface area (TPSA) is 27.1 Å². The minimum Gasteiger partial charge on any atom is -0.485 e. The Morgan fingerprint density at radius 3 is 2.33 bits per heavy atom. The van der Waals surface area contributed by atoms with E-state index in [4.69, 9.17) is 4.74 Å². The molecule has 0 saturated heterocycles. The standard InChI is InChI=1S/C14H14Br4N2O/c1-3-20-12(13(18)8(2)19-20)7-21-14-10(16)4-9(6-15)5-11(14)17/h4-5H,3,6-7H2,1-2H3. The number of hydrogen-bond donors (Lipinski definition) is 0. The molecule has 1 aromatic heterocycles. The van der Waals surface area contributed by atoms with Crippen molar-refractivity contribution in [1.82, 2.24) is 9.78 Å². The summed E-state index contributed by atoms with van der Waals surface area (Å²) in [5.74, 6) is 0.799. The summed E-state index contributed by atoms with van der Waals surface area (Å²) in [7, 11) is 0. The molecule has 0 aliphatic heterocycles. The average Bonchev–Trinajstić information content (AvgIpc) is 2.73. The number of nitrogens with zero attached hydrogens (tertiary/aromatic N) is 2. The molecule has 1 heterocycles. The predicted octanol–water partition coefficient (Wildman–Crippen LogP) is 5.97. The molecule has 0 saturated carbocycles. The molecular formula is C14H14Br4N2O. The van der Waals surface area contributed by atoms with Crippen LogP contribution in [0.15, 0.2) is 25.6 Å². The highest BCUT2D eigenvalue weighted by Gasteiger charge is 2.15. The lowest BCUT2D eigenvalue weighted by atomic mass is 10.2. The van der Waals surface area contributed by atoms with E-state index in [0.29, 0.717) is 6.61 Å². The molecule has 21 heavy (non-hydrogen) atoms. The molecule has 2 aromatic rings. The number of ether oxygens (including phenoxy) is 1. The monoisotopic (exact) mass is 542 g/mol. The first-order chi connectivity index (χ1) is 9.97. The van der Waals surface area contributed by atoms with Gasteiger partial charge in [0.05, 0.1) is 24.8 Å². The Labute approximate surface area is 158 Å². The molecule has 114 valence electrons. The second-order valence-electron chi connectivity index (χ2n) is 4.47. The van der Waals surface area contributed by atoms with Crippen LogP contribution in [0.3, 0.4) is 0 Å². The molecule has 1 aromatic carbocycles. The van der Waals surface area contributed by atoms with Gasteiger partial charge in [-0.1, -0.05) is 15.9 Å². The zero-order valence-corrected chi connectivity index (χ0v) is 17.9. The van der Waals surface area contributed by atoms with Crippen molar-refractivity contribution >= 4 is 63.7 Å². The van der Waals surface area contributed by atoms with Crippen molar-refractivity contribution in [1.29, 1.82) is 0 Å². The molecule has 0 fully saturated rings. The van der Waals surface area contributed by atoms with E-state index in [1.54, 1.807) is 0 Å². The van der Waals surface area contributed by atoms with Crippen molar-refractivity contribution in [2.24, 2.45) is 0 Å². The van der Waals surface area contributed by atoms with Gasteiger partial charge in [-0.3, -0.25) is 4.68 Å². The van der Waals surface area contributed by atoms with Crippen molar-refractivity contribution in [3.8, 4) is 5.75 Å². The van der Waals surface area contributed by atoms with E-state index in [0.717, 1.165) is 42.4 Å². The van der Waals surface area contributed by atoms with Gasteiger partial charge in [-0.25, -0.2) is 0 Å². The van der Waals surface area contributed by atoms with Crippen molar-refractivity contribution in [2.45, 2.75) is 32.3 Å². The van der Waals surface area contributed by atoms with Crippen LogP contribution in [0.5, 0.6) is 5.75 Å². The number of alkyl halides is 1. The number of hydrogen-bond acceptors (Lipinski definition) is 2. The maximum atomic E-state index is 5.99. The zero-order chi connectivity index (χ0) is 15.6. The summed E-state index contributed by atoms with van der Waals surface area (Å²) >= 11 is 14.2. The largest absolute Gasteiger partial charge is 0.485 e. The number of halogens is 4. The van der Waals surface area contributed by atoms with Crippen LogP contribution in [0.1, 0.15) is 23.9 Å². The second-order valence-corrected chi connectivity index (χ2v) is 7.54. The minimum atomic E-state index is 0.458. The Kier molecular flexibility index (Phi) is 6.35. The fourth-order valence-corrected chi connectivity index (χ4v) is 4.21. The molecule has 0 spiro atoms. The van der Waals surface area contributed by atoms with Gasteiger partial charge in [-0.15, -0.1) is 0 Å². The van der Waals surface area contributed by atoms with E-state index in [2.05, 4.69) is 75.7 Å². The minimum absolute atomic E-state index is 0.458. The lowest BCUT2D eigenvalue weighted by molar-refractivity contribution is 0.288. The number of rotatable bonds is 5. The van der Waals surface area contributed by atoms with Crippen LogP contribution in [0.4, 0.5) is 0 Å². The number of aromatic nitrogens is 2. The molecule has 0 N–H and O–H groups in total. The van der Waals surface area contributed by atoms with Gasteiger partial charge in [0.2, 0.25) is 0 Å². The van der Waals surface area contributed by atoms with Gasteiger partial charge in [-0.2, -0.15) is 5.10 Å². The normalized spacial score (nSPS) is 11.0. The summed E-state index contributed by atoms with van der Waals surface area (Å²) < 4.78 is 10.8. The van der Waals surface area contributed by atoms with Gasteiger partial charge in [-0.05, 0) is 79.3 Å². The number of benzene rings is 1. The van der Waals surface area contributed by atoms with Crippen LogP contribution in [0.2, 0.25) is 0 Å². The van der Waals surface area contributed by atoms with E-state index >= 15 is 0 Å². The lowest BCUT2D eigenvalue weighted by Crippen LogP contribution is -2.07. The highest BCUT2D eigenvalue weighted by Crippen LogP contribution is 2.36. The van der Waals surface area contributed by atoms with Crippen LogP contribution < -0.4 is 4.74 Å². The SMILES string of the molecule is CCn1nc(C)c(Br)c1COc1c(Br)cc(CBr)cc1Br. The van der Waals surface area contributed by atoms with Crippen LogP contribution in [-0.4, -0.2) is 9.78 Å². The molecule has 7 heteroatoms. The molecule has 0 bridgehead atoms. The first-order valence-electron chi connectivity index (χ1n) is 6.36. The van der Waals surface area contributed by atoms with Gasteiger partial charge >= 0.3 is 0 Å².